The van der Waals surface area contributed by atoms with Crippen molar-refractivity contribution < 1.29 is 19.1 Å². The third-order valence-corrected chi connectivity index (χ3v) is 5.26. The fourth-order valence-electron chi connectivity index (χ4n) is 3.52. The van der Waals surface area contributed by atoms with E-state index in [1.165, 1.54) is 0 Å². The molecule has 33 heavy (non-hydrogen) atoms. The smallest absolute Gasteiger partial charge is 0.254 e. The number of morpholine rings is 1. The van der Waals surface area contributed by atoms with Gasteiger partial charge in [-0.05, 0) is 35.9 Å². The van der Waals surface area contributed by atoms with Gasteiger partial charge in [0, 0.05) is 24.3 Å². The van der Waals surface area contributed by atoms with Gasteiger partial charge in [-0.25, -0.2) is 0 Å². The van der Waals surface area contributed by atoms with Crippen LogP contribution in [0.2, 0.25) is 0 Å². The number of ether oxygens (including phenoxy) is 2. The van der Waals surface area contributed by atoms with Crippen LogP contribution in [0.15, 0.2) is 78.9 Å². The van der Waals surface area contributed by atoms with Crippen molar-refractivity contribution >= 4 is 23.2 Å². The summed E-state index contributed by atoms with van der Waals surface area (Å²) in [6.07, 6.45) is 0. The zero-order valence-corrected chi connectivity index (χ0v) is 18.3. The number of anilines is 2. The molecule has 3 aromatic carbocycles. The zero-order chi connectivity index (χ0) is 22.9. The molecule has 7 nitrogen and oxygen atoms in total. The second-order valence-electron chi connectivity index (χ2n) is 7.66. The number of nitrogens with one attached hydrogen (secondary N) is 2. The molecule has 1 saturated heterocycles. The van der Waals surface area contributed by atoms with E-state index in [1.807, 2.05) is 54.6 Å². The van der Waals surface area contributed by atoms with Gasteiger partial charge in [-0.15, -0.1) is 0 Å². The minimum Gasteiger partial charge on any atom is -0.487 e. The topological polar surface area (TPSA) is 79.9 Å². The molecular weight excluding hydrogens is 418 g/mol. The maximum absolute atomic E-state index is 12.7. The normalized spacial score (nSPS) is 13.3. The molecule has 0 saturated carbocycles. The van der Waals surface area contributed by atoms with Gasteiger partial charge in [-0.1, -0.05) is 48.5 Å². The number of carbonyl (C=O) groups is 2. The number of rotatable bonds is 8. The molecule has 1 aliphatic rings. The number of amides is 2. The van der Waals surface area contributed by atoms with Crippen LogP contribution in [0.3, 0.4) is 0 Å². The molecule has 0 aromatic heterocycles. The van der Waals surface area contributed by atoms with Gasteiger partial charge in [0.15, 0.2) is 0 Å². The second-order valence-corrected chi connectivity index (χ2v) is 7.66. The molecular formula is C26H27N3O4. The van der Waals surface area contributed by atoms with Crippen molar-refractivity contribution in [1.29, 1.82) is 0 Å². The van der Waals surface area contributed by atoms with Gasteiger partial charge < -0.3 is 25.0 Å². The number of benzene rings is 3. The summed E-state index contributed by atoms with van der Waals surface area (Å²) in [6, 6.07) is 24.4. The van der Waals surface area contributed by atoms with Crippen LogP contribution in [0.5, 0.6) is 5.75 Å². The third kappa shape index (κ3) is 6.33. The lowest BCUT2D eigenvalue weighted by Gasteiger charge is -2.27. The average molecular weight is 446 g/mol. The number of hydrogen-bond acceptors (Lipinski definition) is 5. The molecule has 2 N–H and O–H groups in total. The van der Waals surface area contributed by atoms with Crippen LogP contribution in [-0.2, 0) is 16.1 Å². The molecule has 1 heterocycles. The maximum atomic E-state index is 12.7. The number of carbonyl (C=O) groups excluding carboxylic acids is 2. The van der Waals surface area contributed by atoms with Crippen LogP contribution < -0.4 is 15.4 Å². The van der Waals surface area contributed by atoms with Crippen molar-refractivity contribution in [2.75, 3.05) is 43.5 Å². The summed E-state index contributed by atoms with van der Waals surface area (Å²) in [5, 5.41) is 5.98. The average Bonchev–Trinajstić information content (AvgIpc) is 2.88. The van der Waals surface area contributed by atoms with Crippen molar-refractivity contribution in [3.8, 4) is 5.75 Å². The Labute approximate surface area is 193 Å². The van der Waals surface area contributed by atoms with Gasteiger partial charge in [0.25, 0.3) is 5.91 Å². The predicted molar refractivity (Wildman–Crippen MR) is 127 cm³/mol. The van der Waals surface area contributed by atoms with Crippen molar-refractivity contribution in [2.45, 2.75) is 6.61 Å². The Morgan fingerprint density at radius 3 is 2.48 bits per heavy atom. The Morgan fingerprint density at radius 2 is 1.67 bits per heavy atom. The fraction of sp³-hybridized carbons (Fsp3) is 0.231. The Bertz CT molecular complexity index is 1080. The highest BCUT2D eigenvalue weighted by atomic mass is 16.5. The van der Waals surface area contributed by atoms with Gasteiger partial charge in [0.05, 0.1) is 25.4 Å². The molecule has 4 rings (SSSR count). The van der Waals surface area contributed by atoms with Gasteiger partial charge in [-0.2, -0.15) is 0 Å². The van der Waals surface area contributed by atoms with Crippen molar-refractivity contribution in [2.24, 2.45) is 0 Å². The van der Waals surface area contributed by atoms with E-state index in [2.05, 4.69) is 10.6 Å². The Kier molecular flexibility index (Phi) is 7.56. The lowest BCUT2D eigenvalue weighted by atomic mass is 10.1. The van der Waals surface area contributed by atoms with Gasteiger partial charge >= 0.3 is 0 Å². The first-order valence-electron chi connectivity index (χ1n) is 11.0. The fourth-order valence-corrected chi connectivity index (χ4v) is 3.52. The largest absolute Gasteiger partial charge is 0.487 e. The van der Waals surface area contributed by atoms with Gasteiger partial charge in [0.1, 0.15) is 12.4 Å². The van der Waals surface area contributed by atoms with Crippen molar-refractivity contribution in [3.05, 3.63) is 90.0 Å². The summed E-state index contributed by atoms with van der Waals surface area (Å²) in [5.41, 5.74) is 2.95. The highest BCUT2D eigenvalue weighted by Gasteiger charge is 2.18. The van der Waals surface area contributed by atoms with E-state index in [1.54, 1.807) is 29.2 Å². The number of hydrogen-bond donors (Lipinski definition) is 2. The molecule has 7 heteroatoms. The lowest BCUT2D eigenvalue weighted by molar-refractivity contribution is -0.114. The first kappa shape index (κ1) is 22.4. The predicted octanol–water partition coefficient (Wildman–Crippen LogP) is 3.79. The van der Waals surface area contributed by atoms with Crippen LogP contribution in [0, 0.1) is 0 Å². The zero-order valence-electron chi connectivity index (χ0n) is 18.3. The molecule has 170 valence electrons. The Balaban J connectivity index is 1.32. The molecule has 0 spiro atoms. The molecule has 0 unspecified atom stereocenters. The lowest BCUT2D eigenvalue weighted by Crippen LogP contribution is -2.40. The first-order chi connectivity index (χ1) is 16.2. The molecule has 1 fully saturated rings. The third-order valence-electron chi connectivity index (χ3n) is 5.26. The minimum absolute atomic E-state index is 0.0316. The second kappa shape index (κ2) is 11.2. The molecule has 3 aromatic rings. The van der Waals surface area contributed by atoms with Crippen LogP contribution in [0.4, 0.5) is 11.4 Å². The van der Waals surface area contributed by atoms with E-state index < -0.39 is 0 Å². The summed E-state index contributed by atoms with van der Waals surface area (Å²) >= 11 is 0. The summed E-state index contributed by atoms with van der Waals surface area (Å²) < 4.78 is 11.2. The molecule has 0 atom stereocenters. The Hall–Kier alpha value is -3.84. The van der Waals surface area contributed by atoms with E-state index >= 15 is 0 Å². The summed E-state index contributed by atoms with van der Waals surface area (Å²) in [5.74, 6) is 0.361. The van der Waals surface area contributed by atoms with Crippen molar-refractivity contribution in [3.63, 3.8) is 0 Å². The molecule has 1 aliphatic heterocycles. The van der Waals surface area contributed by atoms with E-state index in [0.29, 0.717) is 55.6 Å². The maximum Gasteiger partial charge on any atom is 0.254 e. The monoisotopic (exact) mass is 445 g/mol. The first-order valence-corrected chi connectivity index (χ1v) is 11.0. The van der Waals surface area contributed by atoms with Crippen LogP contribution in [0.1, 0.15) is 15.9 Å². The number of nitrogens with zero attached hydrogens (tertiary/aromatic N) is 1. The van der Waals surface area contributed by atoms with Crippen LogP contribution >= 0.6 is 0 Å². The number of para-hydroxylation sites is 2. The highest BCUT2D eigenvalue weighted by Crippen LogP contribution is 2.24. The van der Waals surface area contributed by atoms with E-state index in [0.717, 1.165) is 5.56 Å². The molecule has 0 radical (unpaired) electrons. The SMILES string of the molecule is O=C(CNc1cccc(C(=O)N2CCOCC2)c1)Nc1ccccc1OCc1ccccc1. The van der Waals surface area contributed by atoms with Crippen LogP contribution in [-0.4, -0.2) is 49.6 Å². The summed E-state index contributed by atoms with van der Waals surface area (Å²) in [6.45, 7) is 2.76. The van der Waals surface area contributed by atoms with Gasteiger partial charge in [-0.3, -0.25) is 9.59 Å². The molecule has 0 bridgehead atoms. The summed E-state index contributed by atoms with van der Waals surface area (Å²) in [7, 11) is 0. The molecule has 2 amide bonds. The van der Waals surface area contributed by atoms with E-state index in [4.69, 9.17) is 9.47 Å². The Morgan fingerprint density at radius 1 is 0.909 bits per heavy atom. The van der Waals surface area contributed by atoms with Gasteiger partial charge in [0.2, 0.25) is 5.91 Å². The quantitative estimate of drug-likeness (QED) is 0.552. The molecule has 0 aliphatic carbocycles. The van der Waals surface area contributed by atoms with E-state index in [9.17, 15) is 9.59 Å². The standard InChI is InChI=1S/C26H27N3O4/c30-25(28-23-11-4-5-12-24(23)33-19-20-7-2-1-3-8-20)18-27-22-10-6-9-21(17-22)26(31)29-13-15-32-16-14-29/h1-12,17,27H,13-16,18-19H2,(H,28,30). The van der Waals surface area contributed by atoms with Crippen LogP contribution in [0.25, 0.3) is 0 Å². The highest BCUT2D eigenvalue weighted by molar-refractivity contribution is 5.96. The summed E-state index contributed by atoms with van der Waals surface area (Å²) in [4.78, 5) is 27.0. The van der Waals surface area contributed by atoms with Crippen molar-refractivity contribution in [1.82, 2.24) is 4.90 Å². The van der Waals surface area contributed by atoms with E-state index in [-0.39, 0.29) is 18.4 Å². The minimum atomic E-state index is -0.212.